The summed E-state index contributed by atoms with van der Waals surface area (Å²) in [5, 5.41) is 14.7. The number of carbonyl (C=O) groups excluding carboxylic acids is 1. The van der Waals surface area contributed by atoms with E-state index in [0.29, 0.717) is 42.7 Å². The predicted molar refractivity (Wildman–Crippen MR) is 145 cm³/mol. The highest BCUT2D eigenvalue weighted by Crippen LogP contribution is 2.30. The van der Waals surface area contributed by atoms with Gasteiger partial charge in [-0.3, -0.25) is 9.69 Å². The number of ether oxygens (including phenoxy) is 1. The molecule has 0 aliphatic carbocycles. The van der Waals surface area contributed by atoms with Crippen molar-refractivity contribution in [3.8, 4) is 11.5 Å². The number of hydrogen-bond acceptors (Lipinski definition) is 6. The van der Waals surface area contributed by atoms with E-state index < -0.39 is 5.95 Å². The minimum absolute atomic E-state index is 0. The zero-order valence-electron chi connectivity index (χ0n) is 19.0. The predicted octanol–water partition coefficient (Wildman–Crippen LogP) is 4.78. The number of rotatable bonds is 9. The minimum Gasteiger partial charge on any atom is -0.507 e. The first-order valence-corrected chi connectivity index (χ1v) is 12.0. The maximum atomic E-state index is 13.6. The van der Waals surface area contributed by atoms with Gasteiger partial charge < -0.3 is 15.2 Å². The van der Waals surface area contributed by atoms with E-state index in [4.69, 9.17) is 4.74 Å². The van der Waals surface area contributed by atoms with Gasteiger partial charge in [0.05, 0.1) is 16.6 Å². The fourth-order valence-electron chi connectivity index (χ4n) is 3.68. The number of hydrogen-bond donors (Lipinski definition) is 2. The summed E-state index contributed by atoms with van der Waals surface area (Å²) in [5.41, 5.74) is 1.63. The van der Waals surface area contributed by atoms with Gasteiger partial charge >= 0.3 is 0 Å². The number of pyridine rings is 2. The molecule has 0 aliphatic heterocycles. The topological polar surface area (TPSA) is 87.6 Å². The number of carbonyl (C=O) groups is 1. The molecule has 0 atom stereocenters. The van der Waals surface area contributed by atoms with E-state index in [1.165, 1.54) is 12.3 Å². The fraction of sp³-hybridized carbons (Fsp3) is 0.240. The lowest BCUT2D eigenvalue weighted by Crippen LogP contribution is -2.37. The Hall–Kier alpha value is -2.76. The molecular weight excluding hydrogens is 586 g/mol. The van der Waals surface area contributed by atoms with Crippen molar-refractivity contribution in [3.63, 3.8) is 0 Å². The largest absolute Gasteiger partial charge is 0.507 e. The van der Waals surface area contributed by atoms with Crippen LogP contribution in [0, 0.1) is 9.52 Å². The lowest BCUT2D eigenvalue weighted by molar-refractivity contribution is 0.0949. The van der Waals surface area contributed by atoms with Crippen LogP contribution in [-0.2, 0) is 0 Å². The second-order valence-electron chi connectivity index (χ2n) is 7.68. The first-order valence-electron chi connectivity index (χ1n) is 10.9. The normalized spacial score (nSPS) is 11.0. The maximum Gasteiger partial charge on any atom is 0.255 e. The number of likely N-dealkylation sites (N-methyl/N-ethyl adjacent to an activating group) is 1. The Labute approximate surface area is 222 Å². The highest BCUT2D eigenvalue weighted by atomic mass is 127. The molecule has 0 saturated carbocycles. The molecule has 184 valence electrons. The molecule has 0 bridgehead atoms. The zero-order chi connectivity index (χ0) is 24.1. The number of halogens is 3. The Bertz CT molecular complexity index is 1340. The quantitative estimate of drug-likeness (QED) is 0.161. The molecule has 0 fully saturated rings. The molecule has 0 spiro atoms. The van der Waals surface area contributed by atoms with Crippen molar-refractivity contribution < 1.29 is 19.0 Å². The summed E-state index contributed by atoms with van der Waals surface area (Å²) >= 11 is 2.23. The molecule has 10 heteroatoms. The molecule has 7 nitrogen and oxygen atoms in total. The van der Waals surface area contributed by atoms with Crippen LogP contribution in [0.15, 0.2) is 54.7 Å². The number of benzene rings is 2. The Kier molecular flexibility index (Phi) is 9.41. The number of nitrogens with one attached hydrogen (secondary N) is 1. The Morgan fingerprint density at radius 2 is 2.03 bits per heavy atom. The van der Waals surface area contributed by atoms with Crippen LogP contribution in [0.25, 0.3) is 21.8 Å². The second-order valence-corrected chi connectivity index (χ2v) is 8.93. The summed E-state index contributed by atoms with van der Waals surface area (Å²) in [6.45, 7) is 4.67. The smallest absolute Gasteiger partial charge is 0.255 e. The molecular formula is C25H25ClFIN4O3. The van der Waals surface area contributed by atoms with Gasteiger partial charge in [-0.25, -0.2) is 9.97 Å². The van der Waals surface area contributed by atoms with Gasteiger partial charge in [0.15, 0.2) is 5.75 Å². The molecule has 4 aromatic rings. The third-order valence-corrected chi connectivity index (χ3v) is 6.18. The molecule has 2 heterocycles. The van der Waals surface area contributed by atoms with Crippen molar-refractivity contribution in [1.29, 1.82) is 0 Å². The SMILES string of the molecule is CCN(CCNC(=O)c1ccc(O)c2cc3cc(I)ccc3nc12)CCOc1cccnc1F.Cl. The van der Waals surface area contributed by atoms with Crippen LogP contribution in [0.1, 0.15) is 17.3 Å². The summed E-state index contributed by atoms with van der Waals surface area (Å²) in [4.78, 5) is 23.3. The van der Waals surface area contributed by atoms with Gasteiger partial charge in [0, 0.05) is 40.2 Å². The molecule has 0 aliphatic rings. The first kappa shape index (κ1) is 26.8. The molecule has 35 heavy (non-hydrogen) atoms. The van der Waals surface area contributed by atoms with Crippen LogP contribution >= 0.6 is 35.0 Å². The van der Waals surface area contributed by atoms with Gasteiger partial charge in [0.1, 0.15) is 12.4 Å². The van der Waals surface area contributed by atoms with Gasteiger partial charge in [-0.05, 0) is 77.7 Å². The van der Waals surface area contributed by atoms with Crippen LogP contribution in [0.3, 0.4) is 0 Å². The van der Waals surface area contributed by atoms with Crippen LogP contribution in [0.2, 0.25) is 0 Å². The molecule has 0 unspecified atom stereocenters. The Morgan fingerprint density at radius 3 is 2.80 bits per heavy atom. The van der Waals surface area contributed by atoms with Gasteiger partial charge in [0.25, 0.3) is 11.9 Å². The van der Waals surface area contributed by atoms with E-state index >= 15 is 0 Å². The van der Waals surface area contributed by atoms with Crippen LogP contribution < -0.4 is 10.1 Å². The lowest BCUT2D eigenvalue weighted by atomic mass is 10.1. The van der Waals surface area contributed by atoms with Crippen molar-refractivity contribution in [2.45, 2.75) is 6.92 Å². The molecule has 1 amide bonds. The van der Waals surface area contributed by atoms with E-state index in [9.17, 15) is 14.3 Å². The summed E-state index contributed by atoms with van der Waals surface area (Å²) in [6, 6.07) is 14.0. The molecule has 2 aromatic carbocycles. The second kappa shape index (κ2) is 12.3. The monoisotopic (exact) mass is 610 g/mol. The number of phenolic OH excluding ortho intramolecular Hbond substituents is 1. The summed E-state index contributed by atoms with van der Waals surface area (Å²) in [5.74, 6) is -0.676. The standard InChI is InChI=1S/C25H24FIN4O3.ClH/c1-2-31(12-13-34-22-4-3-9-28-24(22)26)11-10-29-25(33)18-6-8-21(32)19-15-16-14-17(27)5-7-20(16)30-23(18)19;/h3-9,14-15,32H,2,10-13H2,1H3,(H,29,33);1H. The van der Waals surface area contributed by atoms with Crippen molar-refractivity contribution >= 4 is 62.7 Å². The molecule has 2 aromatic heterocycles. The van der Waals surface area contributed by atoms with Crippen LogP contribution in [0.4, 0.5) is 4.39 Å². The van der Waals surface area contributed by atoms with E-state index in [-0.39, 0.29) is 29.8 Å². The molecule has 4 rings (SSSR count). The first-order chi connectivity index (χ1) is 16.5. The maximum absolute atomic E-state index is 13.6. The highest BCUT2D eigenvalue weighted by molar-refractivity contribution is 14.1. The Morgan fingerprint density at radius 1 is 1.20 bits per heavy atom. The van der Waals surface area contributed by atoms with Gasteiger partial charge in [-0.2, -0.15) is 4.39 Å². The van der Waals surface area contributed by atoms with Crippen molar-refractivity contribution in [1.82, 2.24) is 20.2 Å². The highest BCUT2D eigenvalue weighted by Gasteiger charge is 2.15. The Balaban J connectivity index is 0.00000342. The zero-order valence-corrected chi connectivity index (χ0v) is 22.0. The number of aromatic hydroxyl groups is 1. The molecule has 0 radical (unpaired) electrons. The molecule has 2 N–H and O–H groups in total. The van der Waals surface area contributed by atoms with E-state index in [1.807, 2.05) is 31.2 Å². The van der Waals surface area contributed by atoms with E-state index in [0.717, 1.165) is 21.0 Å². The van der Waals surface area contributed by atoms with E-state index in [1.54, 1.807) is 18.2 Å². The van der Waals surface area contributed by atoms with Crippen molar-refractivity contribution in [2.24, 2.45) is 0 Å². The minimum atomic E-state index is -0.630. The van der Waals surface area contributed by atoms with Crippen molar-refractivity contribution in [3.05, 3.63) is 69.8 Å². The van der Waals surface area contributed by atoms with Gasteiger partial charge in [-0.1, -0.05) is 6.92 Å². The summed E-state index contributed by atoms with van der Waals surface area (Å²) in [7, 11) is 0. The van der Waals surface area contributed by atoms with Crippen LogP contribution in [0.5, 0.6) is 11.5 Å². The number of aromatic nitrogens is 2. The van der Waals surface area contributed by atoms with Crippen LogP contribution in [-0.4, -0.2) is 58.7 Å². The third kappa shape index (κ3) is 6.47. The fourth-order valence-corrected chi connectivity index (χ4v) is 4.19. The van der Waals surface area contributed by atoms with Gasteiger partial charge in [0.2, 0.25) is 0 Å². The third-order valence-electron chi connectivity index (χ3n) is 5.51. The van der Waals surface area contributed by atoms with Crippen molar-refractivity contribution in [2.75, 3.05) is 32.8 Å². The summed E-state index contributed by atoms with van der Waals surface area (Å²) in [6.07, 6.45) is 1.37. The molecule has 0 saturated heterocycles. The number of amides is 1. The average molecular weight is 611 g/mol. The lowest BCUT2D eigenvalue weighted by Gasteiger charge is -2.20. The number of nitrogens with zero attached hydrogens (tertiary/aromatic N) is 3. The van der Waals surface area contributed by atoms with E-state index in [2.05, 4.69) is 42.8 Å². The average Bonchev–Trinajstić information content (AvgIpc) is 2.83. The number of phenols is 1. The van der Waals surface area contributed by atoms with Gasteiger partial charge in [-0.15, -0.1) is 12.4 Å². The summed E-state index contributed by atoms with van der Waals surface area (Å²) < 4.78 is 20.1. The number of fused-ring (bicyclic) bond motifs is 2.